The van der Waals surface area contributed by atoms with Gasteiger partial charge in [0.25, 0.3) is 0 Å². The molecule has 0 saturated carbocycles. The second-order valence-electron chi connectivity index (χ2n) is 4.99. The molecule has 7 heteroatoms. The molecule has 2 aromatic rings. The number of hydrogen-bond donors (Lipinski definition) is 2. The maximum atomic E-state index is 13.5. The van der Waals surface area contributed by atoms with Gasteiger partial charge in [0.1, 0.15) is 5.82 Å². The molecule has 0 saturated heterocycles. The number of halogens is 2. The minimum Gasteiger partial charge on any atom is -0.394 e. The van der Waals surface area contributed by atoms with Gasteiger partial charge in [-0.3, -0.25) is 0 Å². The molecule has 114 valence electrons. The molecule has 2 N–H and O–H groups in total. The van der Waals surface area contributed by atoms with Gasteiger partial charge in [-0.25, -0.2) is 4.39 Å². The molecule has 1 unspecified atom stereocenters. The minimum atomic E-state index is -0.518. The molecule has 1 heterocycles. The summed E-state index contributed by atoms with van der Waals surface area (Å²) in [6.07, 6.45) is 0. The molecule has 1 aromatic carbocycles. The number of rotatable bonds is 6. The Labute approximate surface area is 127 Å². The van der Waals surface area contributed by atoms with Gasteiger partial charge in [-0.1, -0.05) is 36.7 Å². The first-order chi connectivity index (χ1) is 10.0. The quantitative estimate of drug-likeness (QED) is 0.858. The van der Waals surface area contributed by atoms with E-state index in [1.165, 1.54) is 12.1 Å². The highest BCUT2D eigenvalue weighted by atomic mass is 35.5. The second kappa shape index (κ2) is 6.98. The van der Waals surface area contributed by atoms with E-state index in [2.05, 4.69) is 15.5 Å². The first kappa shape index (κ1) is 15.9. The van der Waals surface area contributed by atoms with E-state index in [1.807, 2.05) is 13.8 Å². The first-order valence-electron chi connectivity index (χ1n) is 6.63. The van der Waals surface area contributed by atoms with Crippen LogP contribution in [0.1, 0.15) is 43.1 Å². The minimum absolute atomic E-state index is 0.0511. The summed E-state index contributed by atoms with van der Waals surface area (Å²) in [4.78, 5) is 4.22. The van der Waals surface area contributed by atoms with Crippen molar-refractivity contribution in [1.29, 1.82) is 0 Å². The summed E-state index contributed by atoms with van der Waals surface area (Å²) in [6.45, 7) is 4.04. The van der Waals surface area contributed by atoms with Crippen molar-refractivity contribution in [3.05, 3.63) is 46.3 Å². The number of nitrogens with zero attached hydrogens (tertiary/aromatic N) is 2. The Kier molecular flexibility index (Phi) is 5.27. The lowest BCUT2D eigenvalue weighted by Gasteiger charge is -2.15. The lowest BCUT2D eigenvalue weighted by molar-refractivity contribution is 0.242. The summed E-state index contributed by atoms with van der Waals surface area (Å²) in [5.41, 5.74) is 0.604. The van der Waals surface area contributed by atoms with Gasteiger partial charge in [0.2, 0.25) is 5.89 Å². The summed E-state index contributed by atoms with van der Waals surface area (Å²) in [6, 6.07) is 3.99. The molecule has 0 spiro atoms. The van der Waals surface area contributed by atoms with Crippen molar-refractivity contribution in [3.63, 3.8) is 0 Å². The van der Waals surface area contributed by atoms with E-state index < -0.39 is 11.9 Å². The number of hydrogen-bond acceptors (Lipinski definition) is 5. The molecule has 0 radical (unpaired) electrons. The van der Waals surface area contributed by atoms with Gasteiger partial charge in [0, 0.05) is 5.92 Å². The fourth-order valence-corrected chi connectivity index (χ4v) is 1.92. The third kappa shape index (κ3) is 4.00. The molecule has 5 nitrogen and oxygen atoms in total. The van der Waals surface area contributed by atoms with Crippen LogP contribution < -0.4 is 5.32 Å². The van der Waals surface area contributed by atoms with Crippen molar-refractivity contribution in [3.8, 4) is 0 Å². The third-order valence-corrected chi connectivity index (χ3v) is 3.32. The Bertz CT molecular complexity index is 604. The molecule has 0 bridgehead atoms. The highest BCUT2D eigenvalue weighted by Gasteiger charge is 2.15. The zero-order valence-electron chi connectivity index (χ0n) is 11.8. The average molecular weight is 314 g/mol. The summed E-state index contributed by atoms with van der Waals surface area (Å²) >= 11 is 5.64. The van der Waals surface area contributed by atoms with Crippen molar-refractivity contribution in [2.24, 2.45) is 0 Å². The standard InChI is InChI=1S/C14H17ClFN3O2/c1-8(2)14-18-13(19-21-14)6-17-12(7-20)9-3-4-10(15)11(16)5-9/h3-5,8,12,17,20H,6-7H2,1-2H3. The van der Waals surface area contributed by atoms with Crippen LogP contribution in [0.5, 0.6) is 0 Å². The van der Waals surface area contributed by atoms with Crippen LogP contribution in [0.25, 0.3) is 0 Å². The summed E-state index contributed by atoms with van der Waals surface area (Å²) in [5.74, 6) is 0.692. The van der Waals surface area contributed by atoms with Crippen LogP contribution >= 0.6 is 11.6 Å². The molecular weight excluding hydrogens is 297 g/mol. The van der Waals surface area contributed by atoms with E-state index in [0.29, 0.717) is 23.8 Å². The summed E-state index contributed by atoms with van der Waals surface area (Å²) in [7, 11) is 0. The Morgan fingerprint density at radius 3 is 2.76 bits per heavy atom. The van der Waals surface area contributed by atoms with Crippen LogP contribution in [0.2, 0.25) is 5.02 Å². The summed E-state index contributed by atoms with van der Waals surface area (Å²) in [5, 5.41) is 16.4. The van der Waals surface area contributed by atoms with Crippen LogP contribution in [0.3, 0.4) is 0 Å². The third-order valence-electron chi connectivity index (χ3n) is 3.01. The molecule has 0 amide bonds. The van der Waals surface area contributed by atoms with Gasteiger partial charge in [0.15, 0.2) is 5.82 Å². The van der Waals surface area contributed by atoms with Crippen LogP contribution in [0.4, 0.5) is 4.39 Å². The number of aliphatic hydroxyl groups excluding tert-OH is 1. The van der Waals surface area contributed by atoms with Crippen molar-refractivity contribution < 1.29 is 14.0 Å². The number of aliphatic hydroxyl groups is 1. The molecule has 0 aliphatic carbocycles. The number of benzene rings is 1. The molecule has 0 aliphatic rings. The van der Waals surface area contributed by atoms with Crippen molar-refractivity contribution >= 4 is 11.6 Å². The van der Waals surface area contributed by atoms with Crippen molar-refractivity contribution in [1.82, 2.24) is 15.5 Å². The molecule has 2 rings (SSSR count). The normalized spacial score (nSPS) is 12.9. The highest BCUT2D eigenvalue weighted by Crippen LogP contribution is 2.20. The monoisotopic (exact) mass is 313 g/mol. The van der Waals surface area contributed by atoms with Gasteiger partial charge >= 0.3 is 0 Å². The van der Waals surface area contributed by atoms with Crippen LogP contribution in [-0.4, -0.2) is 21.9 Å². The van der Waals surface area contributed by atoms with E-state index in [4.69, 9.17) is 16.1 Å². The smallest absolute Gasteiger partial charge is 0.229 e. The van der Waals surface area contributed by atoms with E-state index >= 15 is 0 Å². The van der Waals surface area contributed by atoms with Crippen molar-refractivity contribution in [2.75, 3.05) is 6.61 Å². The Balaban J connectivity index is 2.03. The van der Waals surface area contributed by atoms with Gasteiger partial charge in [0.05, 0.1) is 24.2 Å². The maximum absolute atomic E-state index is 13.5. The fourth-order valence-electron chi connectivity index (χ4n) is 1.81. The highest BCUT2D eigenvalue weighted by molar-refractivity contribution is 6.30. The van der Waals surface area contributed by atoms with E-state index in [0.717, 1.165) is 0 Å². The van der Waals surface area contributed by atoms with Crippen molar-refractivity contribution in [2.45, 2.75) is 32.4 Å². The number of nitrogens with one attached hydrogen (secondary N) is 1. The van der Waals surface area contributed by atoms with Gasteiger partial charge in [-0.15, -0.1) is 0 Å². The van der Waals surface area contributed by atoms with Gasteiger partial charge in [-0.2, -0.15) is 4.98 Å². The van der Waals surface area contributed by atoms with E-state index in [1.54, 1.807) is 6.07 Å². The zero-order valence-corrected chi connectivity index (χ0v) is 12.6. The first-order valence-corrected chi connectivity index (χ1v) is 7.00. The van der Waals surface area contributed by atoms with E-state index in [-0.39, 0.29) is 17.5 Å². The van der Waals surface area contributed by atoms with Crippen LogP contribution in [0.15, 0.2) is 22.7 Å². The fraction of sp³-hybridized carbons (Fsp3) is 0.429. The zero-order chi connectivity index (χ0) is 15.4. The topological polar surface area (TPSA) is 71.2 Å². The summed E-state index contributed by atoms with van der Waals surface area (Å²) < 4.78 is 18.5. The molecule has 0 fully saturated rings. The maximum Gasteiger partial charge on any atom is 0.229 e. The van der Waals surface area contributed by atoms with Crippen LogP contribution in [0, 0.1) is 5.82 Å². The number of aromatic nitrogens is 2. The lowest BCUT2D eigenvalue weighted by Crippen LogP contribution is -2.24. The molecule has 1 atom stereocenters. The van der Waals surface area contributed by atoms with Gasteiger partial charge in [-0.05, 0) is 17.7 Å². The lowest BCUT2D eigenvalue weighted by atomic mass is 10.1. The average Bonchev–Trinajstić information content (AvgIpc) is 2.92. The SMILES string of the molecule is CC(C)c1nc(CNC(CO)c2ccc(Cl)c(F)c2)no1. The molecule has 0 aliphatic heterocycles. The molecule has 21 heavy (non-hydrogen) atoms. The molecule has 1 aromatic heterocycles. The second-order valence-corrected chi connectivity index (χ2v) is 5.40. The Hall–Kier alpha value is -1.50. The van der Waals surface area contributed by atoms with E-state index in [9.17, 15) is 9.50 Å². The van der Waals surface area contributed by atoms with Crippen LogP contribution in [-0.2, 0) is 6.54 Å². The Morgan fingerprint density at radius 2 is 2.19 bits per heavy atom. The predicted molar refractivity (Wildman–Crippen MR) is 76.5 cm³/mol. The molecular formula is C14H17ClFN3O2. The largest absolute Gasteiger partial charge is 0.394 e. The Morgan fingerprint density at radius 1 is 1.43 bits per heavy atom. The predicted octanol–water partition coefficient (Wildman–Crippen LogP) is 2.81. The van der Waals surface area contributed by atoms with Gasteiger partial charge < -0.3 is 14.9 Å².